The number of nitrogens with zero attached hydrogens (tertiary/aromatic N) is 3. The first kappa shape index (κ1) is 9.90. The molecule has 0 N–H and O–H groups in total. The summed E-state index contributed by atoms with van der Waals surface area (Å²) >= 11 is 0. The first-order valence-electron chi connectivity index (χ1n) is 3.78. The standard InChI is InChI=1S/C9H3B2N3/c1-2-8-7(5-14)9(11-10-8)6(3-12)4-13/h2H,1H2. The van der Waals surface area contributed by atoms with Gasteiger partial charge in [-0.3, -0.25) is 0 Å². The lowest BCUT2D eigenvalue weighted by molar-refractivity contribution is 1.43. The monoisotopic (exact) mass is 175 g/mol. The molecule has 0 aromatic rings. The third-order valence-corrected chi connectivity index (χ3v) is 1.81. The van der Waals surface area contributed by atoms with Gasteiger partial charge in [0, 0.05) is 5.57 Å². The maximum atomic E-state index is 8.83. The lowest BCUT2D eigenvalue weighted by Crippen LogP contribution is -2.00. The molecule has 0 spiro atoms. The summed E-state index contributed by atoms with van der Waals surface area (Å²) in [4.78, 5) is 0. The molecule has 0 atom stereocenters. The van der Waals surface area contributed by atoms with Gasteiger partial charge in [0.05, 0.1) is 6.07 Å². The summed E-state index contributed by atoms with van der Waals surface area (Å²) in [7, 11) is 3.24. The van der Waals surface area contributed by atoms with Crippen molar-refractivity contribution in [3.05, 3.63) is 34.7 Å². The predicted octanol–water partition coefficient (Wildman–Crippen LogP) is 0.588. The quantitative estimate of drug-likeness (QED) is 0.432. The number of hydrogen-bond acceptors (Lipinski definition) is 3. The van der Waals surface area contributed by atoms with Gasteiger partial charge in [-0.2, -0.15) is 15.8 Å². The van der Waals surface area contributed by atoms with Gasteiger partial charge in [-0.25, -0.2) is 0 Å². The molecule has 0 amide bonds. The summed E-state index contributed by atoms with van der Waals surface area (Å²) in [5.74, 6) is 0. The third kappa shape index (κ3) is 1.47. The first-order chi connectivity index (χ1) is 6.78. The molecule has 1 aliphatic heterocycles. The molecule has 0 bridgehead atoms. The Kier molecular flexibility index (Phi) is 2.95. The van der Waals surface area contributed by atoms with Crippen molar-refractivity contribution in [3.8, 4) is 18.2 Å². The van der Waals surface area contributed by atoms with Gasteiger partial charge in [0.1, 0.15) is 32.1 Å². The summed E-state index contributed by atoms with van der Waals surface area (Å²) in [6.07, 6.45) is 1.52. The molecule has 0 unspecified atom stereocenters. The highest BCUT2D eigenvalue weighted by Crippen LogP contribution is 2.22. The Labute approximate surface area is 83.7 Å². The molecular formula is C9H3B2N3. The molecule has 0 fully saturated rings. The van der Waals surface area contributed by atoms with Crippen LogP contribution in [0.25, 0.3) is 0 Å². The molecular weight excluding hydrogens is 172 g/mol. The van der Waals surface area contributed by atoms with E-state index in [1.54, 1.807) is 26.5 Å². The number of nitriles is 3. The SMILES string of the molecule is C=CC1=C(C#N)C(=C(C#N)C#N)[B][B]1. The molecule has 0 aliphatic carbocycles. The second-order valence-electron chi connectivity index (χ2n) is 2.49. The van der Waals surface area contributed by atoms with E-state index in [0.717, 1.165) is 0 Å². The Morgan fingerprint density at radius 1 is 1.21 bits per heavy atom. The van der Waals surface area contributed by atoms with Crippen molar-refractivity contribution in [3.63, 3.8) is 0 Å². The van der Waals surface area contributed by atoms with Crippen molar-refractivity contribution in [1.29, 1.82) is 15.8 Å². The summed E-state index contributed by atoms with van der Waals surface area (Å²) in [5, 5.41) is 26.1. The van der Waals surface area contributed by atoms with Crippen LogP contribution in [0.1, 0.15) is 0 Å². The van der Waals surface area contributed by atoms with Crippen molar-refractivity contribution < 1.29 is 0 Å². The van der Waals surface area contributed by atoms with Gasteiger partial charge < -0.3 is 0 Å². The zero-order chi connectivity index (χ0) is 10.6. The van der Waals surface area contributed by atoms with Gasteiger partial charge in [0.15, 0.2) is 0 Å². The highest BCUT2D eigenvalue weighted by atomic mass is 14.3. The fraction of sp³-hybridized carbons (Fsp3) is 0. The van der Waals surface area contributed by atoms with E-state index in [1.165, 1.54) is 6.08 Å². The predicted molar refractivity (Wildman–Crippen MR) is 52.6 cm³/mol. The smallest absolute Gasteiger partial charge is 0.123 e. The van der Waals surface area contributed by atoms with E-state index in [9.17, 15) is 0 Å². The van der Waals surface area contributed by atoms with Gasteiger partial charge in [-0.05, 0) is 0 Å². The Bertz CT molecular complexity index is 450. The maximum absolute atomic E-state index is 8.83. The van der Waals surface area contributed by atoms with Gasteiger partial charge in [0.2, 0.25) is 0 Å². The molecule has 0 saturated carbocycles. The van der Waals surface area contributed by atoms with Crippen molar-refractivity contribution in [2.75, 3.05) is 0 Å². The van der Waals surface area contributed by atoms with Crippen molar-refractivity contribution in [1.82, 2.24) is 0 Å². The average Bonchev–Trinajstić information content (AvgIpc) is 2.62. The Morgan fingerprint density at radius 3 is 2.29 bits per heavy atom. The summed E-state index contributed by atoms with van der Waals surface area (Å²) in [6.45, 7) is 3.54. The van der Waals surface area contributed by atoms with Crippen LogP contribution in [0.3, 0.4) is 0 Å². The minimum absolute atomic E-state index is 0.0466. The van der Waals surface area contributed by atoms with Crippen LogP contribution >= 0.6 is 0 Å². The second kappa shape index (κ2) is 4.17. The fourth-order valence-corrected chi connectivity index (χ4v) is 1.14. The number of hydrogen-bond donors (Lipinski definition) is 0. The zero-order valence-electron chi connectivity index (χ0n) is 7.28. The van der Waals surface area contributed by atoms with Gasteiger partial charge in [-0.1, -0.05) is 23.6 Å². The lowest BCUT2D eigenvalue weighted by Gasteiger charge is -1.96. The Morgan fingerprint density at radius 2 is 1.86 bits per heavy atom. The second-order valence-corrected chi connectivity index (χ2v) is 2.49. The summed E-state index contributed by atoms with van der Waals surface area (Å²) in [6, 6.07) is 5.45. The van der Waals surface area contributed by atoms with Crippen LogP contribution in [0, 0.1) is 34.0 Å². The molecule has 0 aromatic heterocycles. The van der Waals surface area contributed by atoms with Crippen molar-refractivity contribution >= 4 is 14.3 Å². The van der Waals surface area contributed by atoms with Gasteiger partial charge in [0.25, 0.3) is 0 Å². The van der Waals surface area contributed by atoms with E-state index in [0.29, 0.717) is 16.5 Å². The van der Waals surface area contributed by atoms with Crippen LogP contribution in [-0.4, -0.2) is 14.3 Å². The molecule has 0 aromatic carbocycles. The molecule has 2 radical (unpaired) electrons. The summed E-state index contributed by atoms with van der Waals surface area (Å²) in [5.41, 5.74) is 1.31. The molecule has 3 nitrogen and oxygen atoms in total. The molecule has 0 saturated heterocycles. The van der Waals surface area contributed by atoms with Crippen molar-refractivity contribution in [2.24, 2.45) is 0 Å². The number of allylic oxidation sites excluding steroid dienone is 5. The van der Waals surface area contributed by atoms with E-state index in [-0.39, 0.29) is 5.57 Å². The molecule has 1 rings (SSSR count). The zero-order valence-corrected chi connectivity index (χ0v) is 7.28. The van der Waals surface area contributed by atoms with Crippen LogP contribution in [0.5, 0.6) is 0 Å². The molecule has 1 heterocycles. The van der Waals surface area contributed by atoms with Crippen LogP contribution in [0.2, 0.25) is 0 Å². The van der Waals surface area contributed by atoms with E-state index < -0.39 is 0 Å². The fourth-order valence-electron chi connectivity index (χ4n) is 1.14. The maximum Gasteiger partial charge on any atom is 0.123 e. The van der Waals surface area contributed by atoms with Crippen molar-refractivity contribution in [2.45, 2.75) is 0 Å². The topological polar surface area (TPSA) is 71.4 Å². The Balaban J connectivity index is 3.36. The van der Waals surface area contributed by atoms with Gasteiger partial charge in [-0.15, -0.1) is 0 Å². The van der Waals surface area contributed by atoms with Gasteiger partial charge >= 0.3 is 0 Å². The largest absolute Gasteiger partial charge is 0.192 e. The first-order valence-corrected chi connectivity index (χ1v) is 3.78. The van der Waals surface area contributed by atoms with E-state index in [1.807, 2.05) is 6.07 Å². The van der Waals surface area contributed by atoms with E-state index in [4.69, 9.17) is 15.8 Å². The minimum atomic E-state index is -0.0466. The van der Waals surface area contributed by atoms with Crippen LogP contribution in [-0.2, 0) is 0 Å². The van der Waals surface area contributed by atoms with Crippen LogP contribution in [0.4, 0.5) is 0 Å². The van der Waals surface area contributed by atoms with E-state index >= 15 is 0 Å². The highest BCUT2D eigenvalue weighted by Gasteiger charge is 2.22. The molecule has 5 heteroatoms. The average molecular weight is 175 g/mol. The molecule has 60 valence electrons. The van der Waals surface area contributed by atoms with E-state index in [2.05, 4.69) is 6.58 Å². The minimum Gasteiger partial charge on any atom is -0.192 e. The summed E-state index contributed by atoms with van der Waals surface area (Å²) < 4.78 is 0. The normalized spacial score (nSPS) is 13.1. The number of rotatable bonds is 1. The third-order valence-electron chi connectivity index (χ3n) is 1.81. The lowest BCUT2D eigenvalue weighted by atomic mass is 9.37. The van der Waals surface area contributed by atoms with Crippen LogP contribution in [0.15, 0.2) is 34.7 Å². The molecule has 1 aliphatic rings. The Hall–Kier alpha value is -2.18. The van der Waals surface area contributed by atoms with Crippen LogP contribution < -0.4 is 0 Å². The highest BCUT2D eigenvalue weighted by molar-refractivity contribution is 7.10. The molecule has 14 heavy (non-hydrogen) atoms.